The van der Waals surface area contributed by atoms with Crippen LogP contribution in [0.1, 0.15) is 4.88 Å². The predicted molar refractivity (Wildman–Crippen MR) is 93.0 cm³/mol. The molecule has 136 valence electrons. The van der Waals surface area contributed by atoms with Crippen molar-refractivity contribution in [1.29, 1.82) is 0 Å². The Kier molecular flexibility index (Phi) is 4.41. The molecule has 27 heavy (non-hydrogen) atoms. The molecule has 2 heterocycles. The van der Waals surface area contributed by atoms with Crippen molar-refractivity contribution in [2.24, 2.45) is 0 Å². The number of benzene rings is 2. The molecular weight excluding hydrogens is 379 g/mol. The summed E-state index contributed by atoms with van der Waals surface area (Å²) >= 11 is 1.45. The summed E-state index contributed by atoms with van der Waals surface area (Å²) in [6.45, 7) is 0. The van der Waals surface area contributed by atoms with Gasteiger partial charge in [0.15, 0.2) is 23.0 Å². The molecule has 2 aromatic heterocycles. The Bertz CT molecular complexity index is 1120. The minimum Gasteiger partial charge on any atom is -0.426 e. The maximum Gasteiger partial charge on any atom is 0.316 e. The van der Waals surface area contributed by atoms with E-state index < -0.39 is 23.4 Å². The van der Waals surface area contributed by atoms with Gasteiger partial charge in [-0.1, -0.05) is 11.2 Å². The number of thiophene rings is 1. The van der Waals surface area contributed by atoms with E-state index in [0.717, 1.165) is 17.0 Å². The van der Waals surface area contributed by atoms with Crippen molar-refractivity contribution in [2.75, 3.05) is 0 Å². The molecule has 0 unspecified atom stereocenters. The molecular formula is C19H10F3NO3S. The van der Waals surface area contributed by atoms with Crippen LogP contribution in [0.4, 0.5) is 13.2 Å². The molecule has 8 heteroatoms. The molecule has 0 atom stereocenters. The van der Waals surface area contributed by atoms with E-state index in [-0.39, 0.29) is 29.0 Å². The minimum absolute atomic E-state index is 0.0348. The van der Waals surface area contributed by atoms with Gasteiger partial charge in [-0.25, -0.2) is 13.2 Å². The molecule has 4 nitrogen and oxygen atoms in total. The first-order valence-corrected chi connectivity index (χ1v) is 8.66. The van der Waals surface area contributed by atoms with Crippen LogP contribution in [-0.4, -0.2) is 11.1 Å². The zero-order valence-corrected chi connectivity index (χ0v) is 14.4. The van der Waals surface area contributed by atoms with Crippen LogP contribution in [0.5, 0.6) is 5.75 Å². The molecule has 0 saturated carbocycles. The van der Waals surface area contributed by atoms with E-state index in [1.807, 2.05) is 17.5 Å². The lowest BCUT2D eigenvalue weighted by Gasteiger charge is -2.03. The van der Waals surface area contributed by atoms with Crippen molar-refractivity contribution >= 4 is 28.3 Å². The molecule has 0 N–H and O–H groups in total. The van der Waals surface area contributed by atoms with Crippen molar-refractivity contribution in [1.82, 2.24) is 5.16 Å². The van der Waals surface area contributed by atoms with Crippen LogP contribution < -0.4 is 4.74 Å². The Balaban J connectivity index is 1.61. The summed E-state index contributed by atoms with van der Waals surface area (Å²) in [4.78, 5) is 12.8. The summed E-state index contributed by atoms with van der Waals surface area (Å²) in [5.41, 5.74) is 0.448. The molecule has 4 aromatic rings. The van der Waals surface area contributed by atoms with Crippen LogP contribution in [-0.2, 0) is 11.2 Å². The van der Waals surface area contributed by atoms with Gasteiger partial charge in [0.25, 0.3) is 0 Å². The normalized spacial score (nSPS) is 11.1. The number of nitrogens with zero attached hydrogens (tertiary/aromatic N) is 1. The average molecular weight is 389 g/mol. The topological polar surface area (TPSA) is 52.3 Å². The van der Waals surface area contributed by atoms with Crippen molar-refractivity contribution in [3.05, 3.63) is 70.2 Å². The van der Waals surface area contributed by atoms with Crippen molar-refractivity contribution in [3.8, 4) is 17.0 Å². The van der Waals surface area contributed by atoms with Gasteiger partial charge in [-0.05, 0) is 35.7 Å². The van der Waals surface area contributed by atoms with Crippen molar-refractivity contribution in [2.45, 2.75) is 6.42 Å². The Morgan fingerprint density at radius 3 is 2.59 bits per heavy atom. The summed E-state index contributed by atoms with van der Waals surface area (Å²) in [7, 11) is 0. The summed E-state index contributed by atoms with van der Waals surface area (Å²) < 4.78 is 50.5. The first-order valence-electron chi connectivity index (χ1n) is 7.78. The van der Waals surface area contributed by atoms with Gasteiger partial charge in [-0.15, -0.1) is 11.3 Å². The quantitative estimate of drug-likeness (QED) is 0.276. The first-order chi connectivity index (χ1) is 13.0. The Labute approximate surface area is 154 Å². The second-order valence-corrected chi connectivity index (χ2v) is 6.71. The van der Waals surface area contributed by atoms with Gasteiger partial charge in [0, 0.05) is 21.9 Å². The number of carbonyl (C=O) groups excluding carboxylic acids is 1. The molecule has 0 aliphatic rings. The highest BCUT2D eigenvalue weighted by molar-refractivity contribution is 7.10. The van der Waals surface area contributed by atoms with Crippen LogP contribution in [0, 0.1) is 17.5 Å². The molecule has 0 aliphatic heterocycles. The van der Waals surface area contributed by atoms with Gasteiger partial charge < -0.3 is 9.26 Å². The molecule has 0 radical (unpaired) electrons. The van der Waals surface area contributed by atoms with E-state index >= 15 is 0 Å². The minimum atomic E-state index is -1.55. The molecule has 2 aromatic carbocycles. The fourth-order valence-electron chi connectivity index (χ4n) is 2.60. The second-order valence-electron chi connectivity index (χ2n) is 5.67. The van der Waals surface area contributed by atoms with E-state index in [1.54, 1.807) is 6.07 Å². The van der Waals surface area contributed by atoms with Gasteiger partial charge in [-0.3, -0.25) is 4.79 Å². The third-order valence-corrected chi connectivity index (χ3v) is 4.71. The molecule has 0 spiro atoms. The van der Waals surface area contributed by atoms with Gasteiger partial charge >= 0.3 is 5.97 Å². The highest BCUT2D eigenvalue weighted by Crippen LogP contribution is 2.32. The third kappa shape index (κ3) is 3.43. The van der Waals surface area contributed by atoms with E-state index in [4.69, 9.17) is 9.26 Å². The van der Waals surface area contributed by atoms with E-state index in [2.05, 4.69) is 5.16 Å². The van der Waals surface area contributed by atoms with E-state index in [9.17, 15) is 18.0 Å². The molecule has 0 amide bonds. The van der Waals surface area contributed by atoms with E-state index in [0.29, 0.717) is 5.39 Å². The van der Waals surface area contributed by atoms with Gasteiger partial charge in [0.05, 0.1) is 6.42 Å². The van der Waals surface area contributed by atoms with E-state index in [1.165, 1.54) is 23.5 Å². The number of ether oxygens (including phenoxy) is 1. The number of aromatic nitrogens is 1. The number of hydrogen-bond donors (Lipinski definition) is 0. The Morgan fingerprint density at radius 2 is 1.89 bits per heavy atom. The van der Waals surface area contributed by atoms with Gasteiger partial charge in [-0.2, -0.15) is 0 Å². The van der Waals surface area contributed by atoms with Crippen LogP contribution in [0.15, 0.2) is 52.4 Å². The van der Waals surface area contributed by atoms with Crippen LogP contribution >= 0.6 is 11.3 Å². The lowest BCUT2D eigenvalue weighted by Crippen LogP contribution is -2.10. The average Bonchev–Trinajstić information content (AvgIpc) is 3.28. The zero-order chi connectivity index (χ0) is 19.0. The van der Waals surface area contributed by atoms with Crippen LogP contribution in [0.25, 0.3) is 22.2 Å². The Hall–Kier alpha value is -3.13. The Morgan fingerprint density at radius 1 is 1.11 bits per heavy atom. The smallest absolute Gasteiger partial charge is 0.316 e. The third-order valence-electron chi connectivity index (χ3n) is 3.83. The number of carbonyl (C=O) groups is 1. The summed E-state index contributed by atoms with van der Waals surface area (Å²) in [6.07, 6.45) is 0.144. The lowest BCUT2D eigenvalue weighted by molar-refractivity contribution is -0.133. The summed E-state index contributed by atoms with van der Waals surface area (Å²) in [5.74, 6) is -4.37. The molecule has 0 aliphatic carbocycles. The maximum atomic E-state index is 13.5. The summed E-state index contributed by atoms with van der Waals surface area (Å²) in [6, 6.07) is 9.87. The largest absolute Gasteiger partial charge is 0.426 e. The fourth-order valence-corrected chi connectivity index (χ4v) is 3.29. The first kappa shape index (κ1) is 17.3. The molecule has 0 bridgehead atoms. The molecule has 4 rings (SSSR count). The number of hydrogen-bond acceptors (Lipinski definition) is 5. The highest BCUT2D eigenvalue weighted by Gasteiger charge is 2.17. The lowest BCUT2D eigenvalue weighted by atomic mass is 10.1. The van der Waals surface area contributed by atoms with Crippen LogP contribution in [0.3, 0.4) is 0 Å². The van der Waals surface area contributed by atoms with Gasteiger partial charge in [0.1, 0.15) is 11.4 Å². The monoisotopic (exact) mass is 389 g/mol. The van der Waals surface area contributed by atoms with Crippen molar-refractivity contribution < 1.29 is 27.2 Å². The number of esters is 1. The predicted octanol–water partition coefficient (Wildman–Crippen LogP) is 5.12. The second kappa shape index (κ2) is 6.88. The number of halogens is 3. The number of fused-ring (bicyclic) bond motifs is 1. The maximum absolute atomic E-state index is 13.5. The standard InChI is InChI=1S/C19H10F3NO3S/c20-14-6-10(7-15(21)18(14)22)19-13-4-3-11(8-16(13)26-23-19)25-17(24)9-12-2-1-5-27-12/h1-8H,9H2. The number of rotatable bonds is 4. The van der Waals surface area contributed by atoms with Gasteiger partial charge in [0.2, 0.25) is 0 Å². The molecule has 0 fully saturated rings. The SMILES string of the molecule is O=C(Cc1cccs1)Oc1ccc2c(-c3cc(F)c(F)c(F)c3)noc2c1. The zero-order valence-electron chi connectivity index (χ0n) is 13.5. The summed E-state index contributed by atoms with van der Waals surface area (Å²) in [5, 5.41) is 6.10. The highest BCUT2D eigenvalue weighted by atomic mass is 32.1. The van der Waals surface area contributed by atoms with Crippen LogP contribution in [0.2, 0.25) is 0 Å². The fraction of sp³-hybridized carbons (Fsp3) is 0.0526. The van der Waals surface area contributed by atoms with Crippen molar-refractivity contribution in [3.63, 3.8) is 0 Å². The molecule has 0 saturated heterocycles.